The van der Waals surface area contributed by atoms with E-state index in [1.54, 1.807) is 23.3 Å². The number of fused-ring (bicyclic) bond motifs is 6. The second-order valence-corrected chi connectivity index (χ2v) is 13.5. The quantitative estimate of drug-likeness (QED) is 0.151. The molecule has 4 atom stereocenters. The van der Waals surface area contributed by atoms with E-state index < -0.39 is 26.4 Å². The van der Waals surface area contributed by atoms with Crippen LogP contribution < -0.4 is 0 Å². The molecule has 6 aromatic rings. The molecule has 0 aliphatic carbocycles. The minimum absolute atomic E-state index is 0.210. The van der Waals surface area contributed by atoms with Gasteiger partial charge in [-0.2, -0.15) is 0 Å². The number of nitrogens with zero attached hydrogens (tertiary/aromatic N) is 4. The van der Waals surface area contributed by atoms with Gasteiger partial charge < -0.3 is 29.6 Å². The number of benzene rings is 4. The lowest BCUT2D eigenvalue weighted by Crippen LogP contribution is -2.37. The predicted molar refractivity (Wildman–Crippen MR) is 185 cm³/mol. The fourth-order valence-corrected chi connectivity index (χ4v) is 7.41. The summed E-state index contributed by atoms with van der Waals surface area (Å²) in [7, 11) is -1.38. The lowest BCUT2D eigenvalue weighted by molar-refractivity contribution is 0.322. The van der Waals surface area contributed by atoms with Crippen LogP contribution in [0.15, 0.2) is 65.1 Å². The Morgan fingerprint density at radius 1 is 0.739 bits per heavy atom. The van der Waals surface area contributed by atoms with Crippen LogP contribution in [-0.2, 0) is 0 Å². The second kappa shape index (κ2) is 12.4. The van der Waals surface area contributed by atoms with Crippen molar-refractivity contribution in [2.24, 2.45) is 0 Å². The van der Waals surface area contributed by atoms with E-state index in [1.165, 1.54) is 5.56 Å². The van der Waals surface area contributed by atoms with Gasteiger partial charge in [0.2, 0.25) is 0 Å². The Balaban J connectivity index is 0.000000147. The van der Waals surface area contributed by atoms with E-state index in [9.17, 15) is 18.8 Å². The maximum atomic E-state index is 13.8. The van der Waals surface area contributed by atoms with Gasteiger partial charge in [0.05, 0.1) is 34.2 Å². The first kappa shape index (κ1) is 31.3. The number of hydrogen-bond acceptors (Lipinski definition) is 6. The first-order valence-corrected chi connectivity index (χ1v) is 16.5. The summed E-state index contributed by atoms with van der Waals surface area (Å²) in [6.07, 6.45) is -1.15. The van der Waals surface area contributed by atoms with Crippen LogP contribution in [0.25, 0.3) is 43.6 Å². The van der Waals surface area contributed by atoms with E-state index in [2.05, 4.69) is 63.2 Å². The molecule has 2 aliphatic heterocycles. The van der Waals surface area contributed by atoms with Crippen molar-refractivity contribution >= 4 is 73.6 Å². The van der Waals surface area contributed by atoms with Crippen LogP contribution in [0, 0.1) is 6.92 Å². The second-order valence-electron chi connectivity index (χ2n) is 12.6. The fourth-order valence-electron chi connectivity index (χ4n) is 7.03. The summed E-state index contributed by atoms with van der Waals surface area (Å²) in [5, 5.41) is 24.2. The molecule has 4 aromatic carbocycles. The minimum atomic E-state index is -0.935. The first-order chi connectivity index (χ1) is 22.0. The zero-order valence-corrected chi connectivity index (χ0v) is 27.5. The standard InChI is InChI=1S/C17H19BFN3O.C16H16BBrFN3O/c1-10-3-5-13-11(7-10)4-6-14-16(13)21-17(20-14)15-8-12(19)9-22(15)18(2)23;1-17(23)22-8-11(19)7-14(22)16-20-13-5-2-9-6-10(18)3-4-12(9)15(13)21-16/h3-7,12,15,23H,8-9H2,1-2H3,(H,20,21);2-6,11,14,23H,7-8H2,1H3,(H,20,21)/t12-,15+;11-,14+/m11/s1. The van der Waals surface area contributed by atoms with Crippen molar-refractivity contribution in [3.63, 3.8) is 0 Å². The SMILES string of the molecule is CB(O)N1C[C@H](F)C[C@H]1c1nc2c(ccc3cc(Br)ccc32)[nH]1.CB(O)N1C[C@H](F)C[C@H]1c1nc2c(ccc3cc(C)ccc32)[nH]1. The van der Waals surface area contributed by atoms with Crippen LogP contribution in [0.1, 0.15) is 42.1 Å². The van der Waals surface area contributed by atoms with Crippen molar-refractivity contribution in [3.05, 3.63) is 82.3 Å². The van der Waals surface area contributed by atoms with Crippen molar-refractivity contribution in [2.45, 2.75) is 57.8 Å². The molecule has 0 unspecified atom stereocenters. The van der Waals surface area contributed by atoms with Gasteiger partial charge in [0.1, 0.15) is 24.0 Å². The number of alkyl halides is 2. The van der Waals surface area contributed by atoms with Crippen LogP contribution in [0.3, 0.4) is 0 Å². The van der Waals surface area contributed by atoms with Gasteiger partial charge in [-0.05, 0) is 55.6 Å². The van der Waals surface area contributed by atoms with Crippen molar-refractivity contribution in [2.75, 3.05) is 13.1 Å². The van der Waals surface area contributed by atoms with Gasteiger partial charge in [0.25, 0.3) is 0 Å². The number of halogens is 3. The molecule has 0 amide bonds. The molecule has 0 bridgehead atoms. The third-order valence-corrected chi connectivity index (χ3v) is 9.75. The first-order valence-electron chi connectivity index (χ1n) is 15.7. The molecule has 2 fully saturated rings. The molecular weight excluding hydrogens is 652 g/mol. The molecular formula is C33H35B2BrF2N6O2. The van der Waals surface area contributed by atoms with E-state index in [0.29, 0.717) is 12.8 Å². The van der Waals surface area contributed by atoms with Gasteiger partial charge in [-0.3, -0.25) is 0 Å². The Hall–Kier alpha value is -3.35. The number of imidazole rings is 2. The highest BCUT2D eigenvalue weighted by molar-refractivity contribution is 9.10. The summed E-state index contributed by atoms with van der Waals surface area (Å²) in [5.41, 5.74) is 4.89. The smallest absolute Gasteiger partial charge is 0.377 e. The zero-order valence-electron chi connectivity index (χ0n) is 25.9. The number of rotatable bonds is 4. The van der Waals surface area contributed by atoms with E-state index >= 15 is 0 Å². The van der Waals surface area contributed by atoms with Crippen molar-refractivity contribution in [1.82, 2.24) is 29.6 Å². The highest BCUT2D eigenvalue weighted by atomic mass is 79.9. The molecule has 4 N–H and O–H groups in total. The largest absolute Gasteiger partial charge is 0.437 e. The minimum Gasteiger partial charge on any atom is -0.437 e. The van der Waals surface area contributed by atoms with Gasteiger partial charge in [-0.15, -0.1) is 0 Å². The fraction of sp³-hybridized carbons (Fsp3) is 0.333. The predicted octanol–water partition coefficient (Wildman–Crippen LogP) is 6.89. The summed E-state index contributed by atoms with van der Waals surface area (Å²) in [4.78, 5) is 19.6. The Labute approximate surface area is 274 Å². The van der Waals surface area contributed by atoms with Gasteiger partial charge in [-0.1, -0.05) is 57.9 Å². The van der Waals surface area contributed by atoms with Gasteiger partial charge in [-0.25, -0.2) is 18.7 Å². The number of H-pyrrole nitrogens is 2. The molecule has 0 radical (unpaired) electrons. The highest BCUT2D eigenvalue weighted by Crippen LogP contribution is 2.36. The van der Waals surface area contributed by atoms with Crippen LogP contribution in [-0.4, -0.2) is 79.1 Å². The number of nitrogens with one attached hydrogen (secondary N) is 2. The molecule has 46 heavy (non-hydrogen) atoms. The zero-order chi connectivity index (χ0) is 32.3. The van der Waals surface area contributed by atoms with Crippen molar-refractivity contribution < 1.29 is 18.8 Å². The van der Waals surface area contributed by atoms with Crippen molar-refractivity contribution in [3.8, 4) is 0 Å². The molecule has 4 heterocycles. The summed E-state index contributed by atoms with van der Waals surface area (Å²) >= 11 is 3.48. The van der Waals surface area contributed by atoms with Gasteiger partial charge >= 0.3 is 14.1 Å². The molecule has 2 saturated heterocycles. The monoisotopic (exact) mass is 686 g/mol. The lowest BCUT2D eigenvalue weighted by atomic mass is 9.84. The molecule has 13 heteroatoms. The van der Waals surface area contributed by atoms with Crippen molar-refractivity contribution in [1.29, 1.82) is 0 Å². The van der Waals surface area contributed by atoms with Crippen LogP contribution >= 0.6 is 15.9 Å². The Kier molecular flexibility index (Phi) is 8.39. The Bertz CT molecular complexity index is 1910. The summed E-state index contributed by atoms with van der Waals surface area (Å²) in [6, 6.07) is 20.1. The Morgan fingerprint density at radius 3 is 1.72 bits per heavy atom. The Morgan fingerprint density at radius 2 is 1.22 bits per heavy atom. The maximum absolute atomic E-state index is 13.8. The normalized spacial score (nSPS) is 22.3. The molecule has 0 saturated carbocycles. The summed E-state index contributed by atoms with van der Waals surface area (Å²) in [5.74, 6) is 1.45. The molecule has 2 aromatic heterocycles. The topological polar surface area (TPSA) is 104 Å². The third-order valence-electron chi connectivity index (χ3n) is 9.26. The molecule has 8 nitrogen and oxygen atoms in total. The van der Waals surface area contributed by atoms with E-state index in [-0.39, 0.29) is 25.2 Å². The maximum Gasteiger partial charge on any atom is 0.377 e. The van der Waals surface area contributed by atoms with E-state index in [1.807, 2.05) is 30.3 Å². The lowest BCUT2D eigenvalue weighted by Gasteiger charge is -2.22. The number of hydrogen-bond donors (Lipinski definition) is 4. The van der Waals surface area contributed by atoms with Crippen LogP contribution in [0.5, 0.6) is 0 Å². The third kappa shape index (κ3) is 5.84. The molecule has 236 valence electrons. The summed E-state index contributed by atoms with van der Waals surface area (Å²) in [6.45, 7) is 5.90. The van der Waals surface area contributed by atoms with Crippen LogP contribution in [0.2, 0.25) is 13.6 Å². The van der Waals surface area contributed by atoms with Crippen LogP contribution in [0.4, 0.5) is 8.78 Å². The number of aryl methyl sites for hydroxylation is 1. The summed E-state index contributed by atoms with van der Waals surface area (Å²) < 4.78 is 28.7. The average molecular weight is 687 g/mol. The van der Waals surface area contributed by atoms with Gasteiger partial charge in [0.15, 0.2) is 0 Å². The molecule has 0 spiro atoms. The average Bonchev–Trinajstić information content (AvgIpc) is 3.80. The van der Waals surface area contributed by atoms with E-state index in [0.717, 1.165) is 59.7 Å². The highest BCUT2D eigenvalue weighted by Gasteiger charge is 2.39. The number of aromatic amines is 2. The van der Waals surface area contributed by atoms with E-state index in [4.69, 9.17) is 9.97 Å². The number of aromatic nitrogens is 4. The molecule has 8 rings (SSSR count). The molecule has 2 aliphatic rings. The van der Waals surface area contributed by atoms with Gasteiger partial charge in [0, 0.05) is 41.2 Å².